The standard InChI is InChI=1S/C19H17ClN2O4/c1-26-19(25)13-4-2-3-12(9-13)11-22-18(24)15(7-8-23)16-10-14(20)5-6-17(16)21/h2-10H,11,21H2,1H3,(H,22,24)/b15-7+. The number of ether oxygens (including phenoxy) is 1. The quantitative estimate of drug-likeness (QED) is 0.351. The van der Waals surface area contributed by atoms with Crippen molar-refractivity contribution >= 4 is 41.0 Å². The number of esters is 1. The van der Waals surface area contributed by atoms with Crippen molar-refractivity contribution in [2.45, 2.75) is 6.54 Å². The smallest absolute Gasteiger partial charge is 0.337 e. The number of rotatable bonds is 6. The molecule has 0 aromatic heterocycles. The third-order valence-electron chi connectivity index (χ3n) is 3.59. The molecule has 6 nitrogen and oxygen atoms in total. The topological polar surface area (TPSA) is 98.5 Å². The Balaban J connectivity index is 2.19. The van der Waals surface area contributed by atoms with Crippen LogP contribution >= 0.6 is 11.6 Å². The minimum Gasteiger partial charge on any atom is -0.465 e. The van der Waals surface area contributed by atoms with Crippen molar-refractivity contribution in [3.05, 3.63) is 70.3 Å². The zero-order valence-electron chi connectivity index (χ0n) is 14.0. The molecule has 26 heavy (non-hydrogen) atoms. The second kappa shape index (κ2) is 8.82. The Kier molecular flexibility index (Phi) is 6.52. The predicted molar refractivity (Wildman–Crippen MR) is 99.5 cm³/mol. The van der Waals surface area contributed by atoms with E-state index in [-0.39, 0.29) is 12.1 Å². The van der Waals surface area contributed by atoms with Gasteiger partial charge in [-0.25, -0.2) is 4.79 Å². The number of aldehydes is 1. The third-order valence-corrected chi connectivity index (χ3v) is 3.82. The number of amides is 1. The van der Waals surface area contributed by atoms with Gasteiger partial charge in [-0.3, -0.25) is 9.59 Å². The first-order valence-electron chi connectivity index (χ1n) is 7.62. The number of hydrogen-bond acceptors (Lipinski definition) is 5. The molecule has 134 valence electrons. The second-order valence-electron chi connectivity index (χ2n) is 5.32. The van der Waals surface area contributed by atoms with Gasteiger partial charge in [-0.2, -0.15) is 0 Å². The van der Waals surface area contributed by atoms with Crippen LogP contribution in [-0.2, 0) is 20.9 Å². The van der Waals surface area contributed by atoms with Crippen LogP contribution in [0.5, 0.6) is 0 Å². The van der Waals surface area contributed by atoms with Crippen LogP contribution in [0.3, 0.4) is 0 Å². The molecule has 0 spiro atoms. The fraction of sp³-hybridized carbons (Fsp3) is 0.105. The van der Waals surface area contributed by atoms with E-state index in [1.54, 1.807) is 36.4 Å². The van der Waals surface area contributed by atoms with Crippen molar-refractivity contribution in [3.8, 4) is 0 Å². The van der Waals surface area contributed by atoms with E-state index in [1.165, 1.54) is 13.2 Å². The molecular formula is C19H17ClN2O4. The van der Waals surface area contributed by atoms with Gasteiger partial charge in [0.05, 0.1) is 18.2 Å². The van der Waals surface area contributed by atoms with Crippen LogP contribution in [0.4, 0.5) is 5.69 Å². The Hall–Kier alpha value is -3.12. The van der Waals surface area contributed by atoms with Crippen LogP contribution in [0.15, 0.2) is 48.5 Å². The fourth-order valence-electron chi connectivity index (χ4n) is 2.32. The lowest BCUT2D eigenvalue weighted by molar-refractivity contribution is -0.116. The molecule has 3 N–H and O–H groups in total. The number of halogens is 1. The Labute approximate surface area is 155 Å². The van der Waals surface area contributed by atoms with E-state index in [1.807, 2.05) is 0 Å². The lowest BCUT2D eigenvalue weighted by atomic mass is 10.0. The highest BCUT2D eigenvalue weighted by Gasteiger charge is 2.15. The maximum atomic E-state index is 12.5. The van der Waals surface area contributed by atoms with Crippen LogP contribution in [0.1, 0.15) is 21.5 Å². The molecule has 0 heterocycles. The monoisotopic (exact) mass is 372 g/mol. The Morgan fingerprint density at radius 2 is 2.00 bits per heavy atom. The number of nitrogens with one attached hydrogen (secondary N) is 1. The van der Waals surface area contributed by atoms with Gasteiger partial charge in [0.15, 0.2) is 0 Å². The highest BCUT2D eigenvalue weighted by Crippen LogP contribution is 2.25. The van der Waals surface area contributed by atoms with Gasteiger partial charge in [0.1, 0.15) is 6.29 Å². The summed E-state index contributed by atoms with van der Waals surface area (Å²) in [4.78, 5) is 35.0. The first-order valence-corrected chi connectivity index (χ1v) is 8.00. The van der Waals surface area contributed by atoms with Gasteiger partial charge in [0.2, 0.25) is 0 Å². The van der Waals surface area contributed by atoms with E-state index in [4.69, 9.17) is 17.3 Å². The van der Waals surface area contributed by atoms with Crippen LogP contribution in [0.25, 0.3) is 5.57 Å². The molecule has 2 aromatic carbocycles. The number of anilines is 1. The van der Waals surface area contributed by atoms with Gasteiger partial charge in [-0.15, -0.1) is 0 Å². The van der Waals surface area contributed by atoms with Crippen LogP contribution in [0.2, 0.25) is 5.02 Å². The average Bonchev–Trinajstić information content (AvgIpc) is 2.66. The van der Waals surface area contributed by atoms with Gasteiger partial charge in [0, 0.05) is 22.8 Å². The van der Waals surface area contributed by atoms with E-state index in [9.17, 15) is 14.4 Å². The SMILES string of the molecule is COC(=O)c1cccc(CNC(=O)/C(=C/C=O)c2cc(Cl)ccc2N)c1. The van der Waals surface area contributed by atoms with Crippen molar-refractivity contribution in [1.29, 1.82) is 0 Å². The number of methoxy groups -OCH3 is 1. The first-order chi connectivity index (χ1) is 12.5. The molecule has 0 saturated carbocycles. The number of hydrogen-bond donors (Lipinski definition) is 2. The molecule has 7 heteroatoms. The minimum absolute atomic E-state index is 0.101. The summed E-state index contributed by atoms with van der Waals surface area (Å²) >= 11 is 5.95. The molecule has 0 fully saturated rings. The zero-order valence-corrected chi connectivity index (χ0v) is 14.7. The van der Waals surface area contributed by atoms with E-state index in [2.05, 4.69) is 10.1 Å². The van der Waals surface area contributed by atoms with E-state index < -0.39 is 11.9 Å². The number of nitrogen functional groups attached to an aromatic ring is 1. The summed E-state index contributed by atoms with van der Waals surface area (Å²) in [6, 6.07) is 11.3. The fourth-order valence-corrected chi connectivity index (χ4v) is 2.49. The zero-order chi connectivity index (χ0) is 19.1. The number of carbonyl (C=O) groups is 3. The number of nitrogens with two attached hydrogens (primary N) is 1. The van der Waals surface area contributed by atoms with Gasteiger partial charge >= 0.3 is 5.97 Å². The van der Waals surface area contributed by atoms with Crippen LogP contribution in [0, 0.1) is 0 Å². The first kappa shape index (κ1) is 19.2. The molecule has 0 aliphatic carbocycles. The summed E-state index contributed by atoms with van der Waals surface area (Å²) in [5.41, 5.74) is 7.76. The molecule has 2 aromatic rings. The van der Waals surface area contributed by atoms with Crippen LogP contribution in [-0.4, -0.2) is 25.3 Å². The predicted octanol–water partition coefficient (Wildman–Crippen LogP) is 2.61. The van der Waals surface area contributed by atoms with Gasteiger partial charge in [-0.1, -0.05) is 23.7 Å². The molecule has 2 rings (SSSR count). The van der Waals surface area contributed by atoms with Gasteiger partial charge < -0.3 is 15.8 Å². The number of allylic oxidation sites excluding steroid dienone is 1. The molecule has 0 atom stereocenters. The van der Waals surface area contributed by atoms with Crippen molar-refractivity contribution < 1.29 is 19.1 Å². The summed E-state index contributed by atoms with van der Waals surface area (Å²) < 4.78 is 4.67. The number of benzene rings is 2. The van der Waals surface area contributed by atoms with E-state index >= 15 is 0 Å². The molecule has 0 unspecified atom stereocenters. The van der Waals surface area contributed by atoms with Crippen molar-refractivity contribution in [2.75, 3.05) is 12.8 Å². The van der Waals surface area contributed by atoms with E-state index in [0.29, 0.717) is 33.7 Å². The normalized spacial score (nSPS) is 10.9. The van der Waals surface area contributed by atoms with Crippen molar-refractivity contribution in [2.24, 2.45) is 0 Å². The molecule has 0 aliphatic rings. The molecule has 0 saturated heterocycles. The van der Waals surface area contributed by atoms with E-state index in [0.717, 1.165) is 6.08 Å². The lowest BCUT2D eigenvalue weighted by Crippen LogP contribution is -2.24. The highest BCUT2D eigenvalue weighted by molar-refractivity contribution is 6.31. The Bertz CT molecular complexity index is 878. The number of carbonyl (C=O) groups excluding carboxylic acids is 3. The molecular weight excluding hydrogens is 356 g/mol. The second-order valence-corrected chi connectivity index (χ2v) is 5.76. The maximum absolute atomic E-state index is 12.5. The summed E-state index contributed by atoms with van der Waals surface area (Å²) in [5.74, 6) is -0.957. The Morgan fingerprint density at radius 1 is 1.23 bits per heavy atom. The van der Waals surface area contributed by atoms with Crippen molar-refractivity contribution in [3.63, 3.8) is 0 Å². The largest absolute Gasteiger partial charge is 0.465 e. The summed E-state index contributed by atoms with van der Waals surface area (Å²) in [7, 11) is 1.29. The summed E-state index contributed by atoms with van der Waals surface area (Å²) in [5, 5.41) is 3.09. The lowest BCUT2D eigenvalue weighted by Gasteiger charge is -2.12. The molecule has 0 radical (unpaired) electrons. The van der Waals surface area contributed by atoms with Gasteiger partial charge in [-0.05, 0) is 42.0 Å². The third kappa shape index (κ3) is 4.70. The van der Waals surface area contributed by atoms with Crippen molar-refractivity contribution in [1.82, 2.24) is 5.32 Å². The van der Waals surface area contributed by atoms with Gasteiger partial charge in [0.25, 0.3) is 5.91 Å². The van der Waals surface area contributed by atoms with Crippen LogP contribution < -0.4 is 11.1 Å². The molecule has 0 aliphatic heterocycles. The summed E-state index contributed by atoms with van der Waals surface area (Å²) in [6.07, 6.45) is 1.63. The Morgan fingerprint density at radius 3 is 2.69 bits per heavy atom. The molecule has 0 bridgehead atoms. The minimum atomic E-state index is -0.491. The maximum Gasteiger partial charge on any atom is 0.337 e. The molecule has 1 amide bonds. The average molecular weight is 373 g/mol. The summed E-state index contributed by atoms with van der Waals surface area (Å²) in [6.45, 7) is 0.153. The highest BCUT2D eigenvalue weighted by atomic mass is 35.5.